The van der Waals surface area contributed by atoms with Gasteiger partial charge in [0, 0.05) is 30.0 Å². The summed E-state index contributed by atoms with van der Waals surface area (Å²) in [5.74, 6) is 0.446. The maximum Gasteiger partial charge on any atom is 0.175 e. The number of halogens is 1. The lowest BCUT2D eigenvalue weighted by Gasteiger charge is -2.06. The van der Waals surface area contributed by atoms with Gasteiger partial charge in [-0.25, -0.2) is 12.8 Å². The topological polar surface area (TPSA) is 60.2 Å². The van der Waals surface area contributed by atoms with Gasteiger partial charge in [0.05, 0.1) is 16.9 Å². The molecule has 124 valence electrons. The summed E-state index contributed by atoms with van der Waals surface area (Å²) in [7, 11) is -3.26. The van der Waals surface area contributed by atoms with E-state index in [1.807, 2.05) is 12.1 Å². The molecule has 0 fully saturated rings. The Bertz CT molecular complexity index is 933. The maximum absolute atomic E-state index is 13.9. The number of aryl methyl sites for hydroxylation is 2. The molecule has 2 aromatic heterocycles. The van der Waals surface area contributed by atoms with Gasteiger partial charge in [-0.1, -0.05) is 12.1 Å². The molecule has 6 heteroatoms. The average molecular weight is 345 g/mol. The van der Waals surface area contributed by atoms with Gasteiger partial charge in [-0.2, -0.15) is 0 Å². The molecule has 0 saturated carbocycles. The van der Waals surface area contributed by atoms with Crippen molar-refractivity contribution in [2.75, 3.05) is 6.26 Å². The number of sulfone groups is 1. The molecule has 0 radical (unpaired) electrons. The third kappa shape index (κ3) is 3.89. The number of aromatic nitrogens is 1. The van der Waals surface area contributed by atoms with Crippen molar-refractivity contribution >= 4 is 9.84 Å². The van der Waals surface area contributed by atoms with Gasteiger partial charge < -0.3 is 4.42 Å². The van der Waals surface area contributed by atoms with Crippen molar-refractivity contribution in [3.63, 3.8) is 0 Å². The fourth-order valence-electron chi connectivity index (χ4n) is 2.41. The first-order valence-electron chi connectivity index (χ1n) is 7.41. The van der Waals surface area contributed by atoms with Crippen LogP contribution in [0, 0.1) is 5.82 Å². The zero-order chi connectivity index (χ0) is 17.2. The molecule has 1 aromatic carbocycles. The quantitative estimate of drug-likeness (QED) is 0.708. The Labute approximate surface area is 139 Å². The minimum absolute atomic E-state index is 0.223. The number of pyridine rings is 1. The van der Waals surface area contributed by atoms with E-state index in [0.717, 1.165) is 12.0 Å². The number of hydrogen-bond donors (Lipinski definition) is 0. The molecule has 3 rings (SSSR count). The summed E-state index contributed by atoms with van der Waals surface area (Å²) in [4.78, 5) is 4.69. The molecule has 0 saturated heterocycles. The minimum Gasteiger partial charge on any atom is -0.469 e. The van der Waals surface area contributed by atoms with Crippen molar-refractivity contribution in [3.8, 4) is 11.3 Å². The molecule has 0 bridgehead atoms. The first kappa shape index (κ1) is 16.4. The number of furan rings is 1. The lowest BCUT2D eigenvalue weighted by molar-refractivity contribution is 0.507. The Morgan fingerprint density at radius 2 is 1.83 bits per heavy atom. The van der Waals surface area contributed by atoms with E-state index in [2.05, 4.69) is 4.98 Å². The molecule has 0 aliphatic carbocycles. The molecule has 0 aliphatic rings. The molecule has 0 spiro atoms. The van der Waals surface area contributed by atoms with E-state index in [1.54, 1.807) is 18.4 Å². The molecular weight excluding hydrogens is 329 g/mol. The van der Waals surface area contributed by atoms with Crippen LogP contribution in [-0.2, 0) is 22.7 Å². The van der Waals surface area contributed by atoms with E-state index >= 15 is 0 Å². The Hall–Kier alpha value is -2.47. The Morgan fingerprint density at radius 3 is 2.46 bits per heavy atom. The van der Waals surface area contributed by atoms with E-state index in [-0.39, 0.29) is 10.7 Å². The molecule has 0 amide bonds. The lowest BCUT2D eigenvalue weighted by atomic mass is 10.1. The van der Waals surface area contributed by atoms with Crippen molar-refractivity contribution < 1.29 is 17.2 Å². The van der Waals surface area contributed by atoms with Crippen LogP contribution in [0.4, 0.5) is 4.39 Å². The minimum atomic E-state index is -3.26. The van der Waals surface area contributed by atoms with Crippen LogP contribution in [0.15, 0.2) is 64.1 Å². The largest absolute Gasteiger partial charge is 0.469 e. The van der Waals surface area contributed by atoms with Crippen LogP contribution in [-0.4, -0.2) is 19.7 Å². The molecule has 0 aliphatic heterocycles. The highest BCUT2D eigenvalue weighted by atomic mass is 32.2. The summed E-state index contributed by atoms with van der Waals surface area (Å²) >= 11 is 0. The predicted octanol–water partition coefficient (Wildman–Crippen LogP) is 3.67. The summed E-state index contributed by atoms with van der Waals surface area (Å²) in [5.41, 5.74) is 1.76. The van der Waals surface area contributed by atoms with Crippen molar-refractivity contribution in [1.82, 2.24) is 4.98 Å². The van der Waals surface area contributed by atoms with Crippen LogP contribution in [0.5, 0.6) is 0 Å². The summed E-state index contributed by atoms with van der Waals surface area (Å²) in [6, 6.07) is 12.7. The molecule has 0 unspecified atom stereocenters. The first-order chi connectivity index (χ1) is 11.4. The van der Waals surface area contributed by atoms with E-state index in [0.29, 0.717) is 29.8 Å². The zero-order valence-electron chi connectivity index (χ0n) is 13.1. The second kappa shape index (κ2) is 6.57. The third-order valence-electron chi connectivity index (χ3n) is 3.63. The summed E-state index contributed by atoms with van der Waals surface area (Å²) < 4.78 is 42.2. The standard InChI is InChI=1S/C18H16FNO3S/c1-24(21,22)17-8-4-13(5-9-17)18-12-14(19)11-15(20-18)6-7-16-3-2-10-23-16/h2-5,8-12H,6-7H2,1H3. The molecule has 24 heavy (non-hydrogen) atoms. The van der Waals surface area contributed by atoms with Crippen molar-refractivity contribution in [1.29, 1.82) is 0 Å². The van der Waals surface area contributed by atoms with Crippen LogP contribution in [0.25, 0.3) is 11.3 Å². The lowest BCUT2D eigenvalue weighted by Crippen LogP contribution is -1.98. The van der Waals surface area contributed by atoms with Gasteiger partial charge in [-0.3, -0.25) is 4.98 Å². The Morgan fingerprint density at radius 1 is 1.08 bits per heavy atom. The number of rotatable bonds is 5. The van der Waals surface area contributed by atoms with Gasteiger partial charge in [0.2, 0.25) is 0 Å². The zero-order valence-corrected chi connectivity index (χ0v) is 13.9. The second-order valence-electron chi connectivity index (χ2n) is 5.54. The first-order valence-corrected chi connectivity index (χ1v) is 9.30. The number of benzene rings is 1. The van der Waals surface area contributed by atoms with Crippen LogP contribution in [0.2, 0.25) is 0 Å². The Kier molecular flexibility index (Phi) is 4.49. The normalized spacial score (nSPS) is 11.6. The number of hydrogen-bond acceptors (Lipinski definition) is 4. The van der Waals surface area contributed by atoms with Crippen LogP contribution in [0.3, 0.4) is 0 Å². The van der Waals surface area contributed by atoms with Gasteiger partial charge in [-0.15, -0.1) is 0 Å². The van der Waals surface area contributed by atoms with Crippen LogP contribution >= 0.6 is 0 Å². The molecule has 0 atom stereocenters. The SMILES string of the molecule is CS(=O)(=O)c1ccc(-c2cc(F)cc(CCc3ccco3)n2)cc1. The summed E-state index contributed by atoms with van der Waals surface area (Å²) in [6.07, 6.45) is 3.94. The van der Waals surface area contributed by atoms with Gasteiger partial charge in [-0.05, 0) is 36.8 Å². The van der Waals surface area contributed by atoms with Crippen molar-refractivity contribution in [2.45, 2.75) is 17.7 Å². The van der Waals surface area contributed by atoms with Crippen LogP contribution < -0.4 is 0 Å². The third-order valence-corrected chi connectivity index (χ3v) is 4.76. The van der Waals surface area contributed by atoms with Crippen LogP contribution in [0.1, 0.15) is 11.5 Å². The van der Waals surface area contributed by atoms with Gasteiger partial charge >= 0.3 is 0 Å². The fourth-order valence-corrected chi connectivity index (χ4v) is 3.04. The molecule has 0 N–H and O–H groups in total. The van der Waals surface area contributed by atoms with Gasteiger partial charge in [0.25, 0.3) is 0 Å². The maximum atomic E-state index is 13.9. The summed E-state index contributed by atoms with van der Waals surface area (Å²) in [5, 5.41) is 0. The average Bonchev–Trinajstić information content (AvgIpc) is 3.05. The van der Waals surface area contributed by atoms with Gasteiger partial charge in [0.1, 0.15) is 11.6 Å². The molecule has 4 nitrogen and oxygen atoms in total. The second-order valence-corrected chi connectivity index (χ2v) is 7.55. The van der Waals surface area contributed by atoms with Crippen molar-refractivity contribution in [3.05, 3.63) is 72.1 Å². The predicted molar refractivity (Wildman–Crippen MR) is 88.9 cm³/mol. The Balaban J connectivity index is 1.85. The monoisotopic (exact) mass is 345 g/mol. The molecular formula is C18H16FNO3S. The van der Waals surface area contributed by atoms with Crippen molar-refractivity contribution in [2.24, 2.45) is 0 Å². The van der Waals surface area contributed by atoms with E-state index in [4.69, 9.17) is 4.42 Å². The van der Waals surface area contributed by atoms with E-state index in [1.165, 1.54) is 24.3 Å². The number of nitrogens with zero attached hydrogens (tertiary/aromatic N) is 1. The fraction of sp³-hybridized carbons (Fsp3) is 0.167. The van der Waals surface area contributed by atoms with E-state index in [9.17, 15) is 12.8 Å². The molecule has 3 aromatic rings. The summed E-state index contributed by atoms with van der Waals surface area (Å²) in [6.45, 7) is 0. The van der Waals surface area contributed by atoms with E-state index < -0.39 is 9.84 Å². The highest BCUT2D eigenvalue weighted by Crippen LogP contribution is 2.21. The highest BCUT2D eigenvalue weighted by molar-refractivity contribution is 7.90. The highest BCUT2D eigenvalue weighted by Gasteiger charge is 2.09. The molecule has 2 heterocycles. The smallest absolute Gasteiger partial charge is 0.175 e. The van der Waals surface area contributed by atoms with Gasteiger partial charge in [0.15, 0.2) is 9.84 Å².